The van der Waals surface area contributed by atoms with Crippen LogP contribution >= 0.6 is 11.6 Å². The van der Waals surface area contributed by atoms with E-state index in [1.54, 1.807) is 0 Å². The lowest BCUT2D eigenvalue weighted by Crippen LogP contribution is -2.22. The van der Waals surface area contributed by atoms with E-state index in [0.717, 1.165) is 40.5 Å². The van der Waals surface area contributed by atoms with Crippen LogP contribution in [-0.2, 0) is 6.42 Å². The number of fused-ring (bicyclic) bond motifs is 1. The van der Waals surface area contributed by atoms with Crippen LogP contribution in [0.25, 0.3) is 11.4 Å². The van der Waals surface area contributed by atoms with Crippen molar-refractivity contribution in [3.63, 3.8) is 0 Å². The zero-order valence-electron chi connectivity index (χ0n) is 11.8. The van der Waals surface area contributed by atoms with Gasteiger partial charge in [-0.05, 0) is 44.9 Å². The number of halogens is 1. The molecule has 1 heterocycles. The molecule has 1 unspecified atom stereocenters. The largest absolute Gasteiger partial charge is 0.313 e. The number of rotatable bonds is 2. The highest BCUT2D eigenvalue weighted by atomic mass is 35.5. The predicted molar refractivity (Wildman–Crippen MR) is 82.0 cm³/mol. The van der Waals surface area contributed by atoms with Gasteiger partial charge in [-0.2, -0.15) is 0 Å². The third-order valence-corrected chi connectivity index (χ3v) is 4.37. The molecular weight excluding hydrogens is 270 g/mol. The minimum Gasteiger partial charge on any atom is -0.313 e. The lowest BCUT2D eigenvalue weighted by molar-refractivity contribution is 0.488. The van der Waals surface area contributed by atoms with Crippen molar-refractivity contribution in [1.29, 1.82) is 0 Å². The van der Waals surface area contributed by atoms with Crippen LogP contribution in [0.5, 0.6) is 0 Å². The molecule has 1 atom stereocenters. The minimum atomic E-state index is 0.384. The van der Waals surface area contributed by atoms with Crippen molar-refractivity contribution in [2.45, 2.75) is 32.2 Å². The van der Waals surface area contributed by atoms with Crippen molar-refractivity contribution in [1.82, 2.24) is 15.3 Å². The Morgan fingerprint density at radius 2 is 2.20 bits per heavy atom. The third-order valence-electron chi connectivity index (χ3n) is 3.96. The Morgan fingerprint density at radius 3 is 2.95 bits per heavy atom. The molecule has 104 valence electrons. The van der Waals surface area contributed by atoms with Crippen molar-refractivity contribution in [3.8, 4) is 11.4 Å². The van der Waals surface area contributed by atoms with E-state index in [9.17, 15) is 0 Å². The SMILES string of the molecule is CNC1CCCc2nc(-c3ccc(C)c(Cl)c3)ncc21. The molecule has 0 spiro atoms. The van der Waals surface area contributed by atoms with Crippen LogP contribution in [-0.4, -0.2) is 17.0 Å². The monoisotopic (exact) mass is 287 g/mol. The second kappa shape index (κ2) is 5.51. The van der Waals surface area contributed by atoms with Gasteiger partial charge in [0.05, 0.1) is 0 Å². The molecule has 0 fully saturated rings. The van der Waals surface area contributed by atoms with Crippen LogP contribution in [0.3, 0.4) is 0 Å². The summed E-state index contributed by atoms with van der Waals surface area (Å²) in [7, 11) is 1.99. The van der Waals surface area contributed by atoms with Crippen LogP contribution < -0.4 is 5.32 Å². The Labute approximate surface area is 124 Å². The lowest BCUT2D eigenvalue weighted by atomic mass is 9.92. The molecule has 3 nitrogen and oxygen atoms in total. The van der Waals surface area contributed by atoms with E-state index in [0.29, 0.717) is 6.04 Å². The van der Waals surface area contributed by atoms with Gasteiger partial charge in [0.1, 0.15) is 0 Å². The van der Waals surface area contributed by atoms with Crippen molar-refractivity contribution in [2.24, 2.45) is 0 Å². The molecule has 3 rings (SSSR count). The summed E-state index contributed by atoms with van der Waals surface area (Å²) < 4.78 is 0. The maximum absolute atomic E-state index is 6.19. The van der Waals surface area contributed by atoms with Gasteiger partial charge in [-0.3, -0.25) is 0 Å². The fraction of sp³-hybridized carbons (Fsp3) is 0.375. The molecular formula is C16H18ClN3. The van der Waals surface area contributed by atoms with Crippen LogP contribution in [0.4, 0.5) is 0 Å². The molecule has 1 N–H and O–H groups in total. The van der Waals surface area contributed by atoms with Crippen molar-refractivity contribution in [2.75, 3.05) is 7.05 Å². The number of aromatic nitrogens is 2. The molecule has 20 heavy (non-hydrogen) atoms. The van der Waals surface area contributed by atoms with Crippen molar-refractivity contribution in [3.05, 3.63) is 46.2 Å². The lowest BCUT2D eigenvalue weighted by Gasteiger charge is -2.24. The number of nitrogens with zero attached hydrogens (tertiary/aromatic N) is 2. The number of benzene rings is 1. The highest BCUT2D eigenvalue weighted by molar-refractivity contribution is 6.31. The molecule has 0 aliphatic heterocycles. The Morgan fingerprint density at radius 1 is 1.35 bits per heavy atom. The number of aryl methyl sites for hydroxylation is 2. The molecule has 4 heteroatoms. The van der Waals surface area contributed by atoms with Gasteiger partial charge in [0.15, 0.2) is 5.82 Å². The van der Waals surface area contributed by atoms with Crippen molar-refractivity contribution < 1.29 is 0 Å². The Bertz CT molecular complexity index is 640. The van der Waals surface area contributed by atoms with Gasteiger partial charge in [-0.15, -0.1) is 0 Å². The average molecular weight is 288 g/mol. The topological polar surface area (TPSA) is 37.8 Å². The van der Waals surface area contributed by atoms with Crippen LogP contribution in [0.2, 0.25) is 5.02 Å². The maximum atomic E-state index is 6.19. The van der Waals surface area contributed by atoms with Crippen LogP contribution in [0, 0.1) is 6.92 Å². The average Bonchev–Trinajstić information content (AvgIpc) is 2.48. The highest BCUT2D eigenvalue weighted by Gasteiger charge is 2.21. The van der Waals surface area contributed by atoms with E-state index in [1.165, 1.54) is 12.0 Å². The number of nitrogens with one attached hydrogen (secondary N) is 1. The summed E-state index contributed by atoms with van der Waals surface area (Å²) in [5, 5.41) is 4.10. The fourth-order valence-electron chi connectivity index (χ4n) is 2.72. The smallest absolute Gasteiger partial charge is 0.159 e. The summed E-state index contributed by atoms with van der Waals surface area (Å²) in [5.74, 6) is 0.766. The van der Waals surface area contributed by atoms with Gasteiger partial charge in [0.25, 0.3) is 0 Å². The summed E-state index contributed by atoms with van der Waals surface area (Å²) in [6.07, 6.45) is 5.32. The van der Waals surface area contributed by atoms with E-state index < -0.39 is 0 Å². The van der Waals surface area contributed by atoms with Gasteiger partial charge in [-0.1, -0.05) is 23.7 Å². The summed E-state index contributed by atoms with van der Waals surface area (Å²) >= 11 is 6.19. The Hall–Kier alpha value is -1.45. The Balaban J connectivity index is 2.01. The summed E-state index contributed by atoms with van der Waals surface area (Å²) in [6, 6.07) is 6.37. The molecule has 0 saturated carbocycles. The van der Waals surface area contributed by atoms with E-state index in [1.807, 2.05) is 38.4 Å². The quantitative estimate of drug-likeness (QED) is 0.915. The second-order valence-electron chi connectivity index (χ2n) is 5.29. The first kappa shape index (κ1) is 13.5. The zero-order chi connectivity index (χ0) is 14.1. The molecule has 1 aromatic heterocycles. The first-order valence-corrected chi connectivity index (χ1v) is 7.36. The predicted octanol–water partition coefficient (Wildman–Crippen LogP) is 3.70. The third kappa shape index (κ3) is 2.43. The van der Waals surface area contributed by atoms with Gasteiger partial charge in [0, 0.05) is 34.1 Å². The Kier molecular flexibility index (Phi) is 3.72. The van der Waals surface area contributed by atoms with E-state index in [2.05, 4.69) is 10.3 Å². The molecule has 0 radical (unpaired) electrons. The number of hydrogen-bond donors (Lipinski definition) is 1. The first-order valence-electron chi connectivity index (χ1n) is 6.98. The summed E-state index contributed by atoms with van der Waals surface area (Å²) in [5.41, 5.74) is 4.46. The van der Waals surface area contributed by atoms with E-state index in [-0.39, 0.29) is 0 Å². The van der Waals surface area contributed by atoms with Crippen molar-refractivity contribution >= 4 is 11.6 Å². The van der Waals surface area contributed by atoms with Crippen LogP contribution in [0.15, 0.2) is 24.4 Å². The van der Waals surface area contributed by atoms with Gasteiger partial charge in [-0.25, -0.2) is 9.97 Å². The first-order chi connectivity index (χ1) is 9.69. The fourth-order valence-corrected chi connectivity index (χ4v) is 2.90. The van der Waals surface area contributed by atoms with Gasteiger partial charge in [0.2, 0.25) is 0 Å². The van der Waals surface area contributed by atoms with Gasteiger partial charge >= 0.3 is 0 Å². The van der Waals surface area contributed by atoms with Gasteiger partial charge < -0.3 is 5.32 Å². The maximum Gasteiger partial charge on any atom is 0.159 e. The molecule has 0 bridgehead atoms. The summed E-state index contributed by atoms with van der Waals surface area (Å²) in [4.78, 5) is 9.26. The molecule has 1 aliphatic rings. The molecule has 0 saturated heterocycles. The second-order valence-corrected chi connectivity index (χ2v) is 5.70. The standard InChI is InChI=1S/C16H18ClN3/c1-10-6-7-11(8-13(10)17)16-19-9-12-14(18-2)4-3-5-15(12)20-16/h6-9,14,18H,3-5H2,1-2H3. The van der Waals surface area contributed by atoms with E-state index >= 15 is 0 Å². The van der Waals surface area contributed by atoms with E-state index in [4.69, 9.17) is 16.6 Å². The molecule has 0 amide bonds. The summed E-state index contributed by atoms with van der Waals surface area (Å²) in [6.45, 7) is 2.00. The normalized spacial score (nSPS) is 17.9. The minimum absolute atomic E-state index is 0.384. The number of hydrogen-bond acceptors (Lipinski definition) is 3. The molecule has 2 aromatic rings. The van der Waals surface area contributed by atoms with Crippen LogP contribution in [0.1, 0.15) is 35.7 Å². The molecule has 1 aromatic carbocycles. The highest BCUT2D eigenvalue weighted by Crippen LogP contribution is 2.30. The zero-order valence-corrected chi connectivity index (χ0v) is 12.5. The molecule has 1 aliphatic carbocycles.